The second kappa shape index (κ2) is 8.91. The highest BCUT2D eigenvalue weighted by atomic mass is 32.2. The number of carbonyl (C=O) groups is 1. The maximum Gasteiger partial charge on any atom is 0.510 e. The summed E-state index contributed by atoms with van der Waals surface area (Å²) in [7, 11) is -0.300. The lowest BCUT2D eigenvalue weighted by Crippen LogP contribution is -2.48. The summed E-state index contributed by atoms with van der Waals surface area (Å²) in [6.45, 7) is 8.29. The highest BCUT2D eigenvalue weighted by Gasteiger charge is 2.54. The van der Waals surface area contributed by atoms with Gasteiger partial charge in [-0.2, -0.15) is 0 Å². The lowest BCUT2D eigenvalue weighted by atomic mass is 9.89. The molecule has 1 fully saturated rings. The van der Waals surface area contributed by atoms with Crippen molar-refractivity contribution in [2.24, 2.45) is 5.41 Å². The van der Waals surface area contributed by atoms with Crippen LogP contribution in [0.3, 0.4) is 0 Å². The molecule has 0 spiro atoms. The van der Waals surface area contributed by atoms with Crippen LogP contribution in [0.15, 0.2) is 60.7 Å². The molecule has 1 aliphatic heterocycles. The van der Waals surface area contributed by atoms with Gasteiger partial charge in [-0.1, -0.05) is 93.2 Å². The number of hydrogen-bond acceptors (Lipinski definition) is 6. The normalized spacial score (nSPS) is 24.5. The summed E-state index contributed by atoms with van der Waals surface area (Å²) in [6.07, 6.45) is -1.64. The van der Waals surface area contributed by atoms with E-state index >= 15 is 0 Å². The van der Waals surface area contributed by atoms with Crippen LogP contribution in [-0.4, -0.2) is 39.0 Å². The summed E-state index contributed by atoms with van der Waals surface area (Å²) in [5, 5.41) is 2.23. The topological polar surface area (TPSA) is 54.0 Å². The van der Waals surface area contributed by atoms with Gasteiger partial charge in [0, 0.05) is 5.41 Å². The van der Waals surface area contributed by atoms with Crippen LogP contribution < -0.4 is 10.4 Å². The van der Waals surface area contributed by atoms with E-state index in [4.69, 9.17) is 18.6 Å². The number of rotatable bonds is 5. The minimum atomic E-state index is -1.58. The zero-order chi connectivity index (χ0) is 21.1. The number of benzene rings is 2. The summed E-state index contributed by atoms with van der Waals surface area (Å²) < 4.78 is 23.0. The van der Waals surface area contributed by atoms with Gasteiger partial charge in [-0.25, -0.2) is 4.79 Å². The van der Waals surface area contributed by atoms with Crippen molar-refractivity contribution in [3.05, 3.63) is 60.7 Å². The van der Waals surface area contributed by atoms with Crippen molar-refractivity contribution in [3.63, 3.8) is 0 Å². The van der Waals surface area contributed by atoms with E-state index in [-0.39, 0.29) is 5.41 Å². The zero-order valence-corrected chi connectivity index (χ0v) is 19.2. The van der Waals surface area contributed by atoms with Gasteiger partial charge in [0.2, 0.25) is 6.29 Å². The molecule has 1 aliphatic rings. The number of hydrogen-bond donors (Lipinski definition) is 0. The van der Waals surface area contributed by atoms with Gasteiger partial charge in [0.1, 0.15) is 4.93 Å². The summed E-state index contributed by atoms with van der Waals surface area (Å²) in [5.74, 6) is 0. The van der Waals surface area contributed by atoms with Crippen molar-refractivity contribution in [1.29, 1.82) is 0 Å². The molecule has 29 heavy (non-hydrogen) atoms. The van der Waals surface area contributed by atoms with Gasteiger partial charge in [0.25, 0.3) is 9.04 Å². The Balaban J connectivity index is 1.92. The third-order valence-electron chi connectivity index (χ3n) is 4.95. The second-order valence-electron chi connectivity index (χ2n) is 7.92. The first-order valence-corrected chi connectivity index (χ1v) is 11.8. The van der Waals surface area contributed by atoms with E-state index in [0.29, 0.717) is 0 Å². The molecule has 0 bridgehead atoms. The third kappa shape index (κ3) is 5.03. The first-order chi connectivity index (χ1) is 13.7. The Morgan fingerprint density at radius 1 is 1.03 bits per heavy atom. The monoisotopic (exact) mass is 431 g/mol. The molecule has 0 N–H and O–H groups in total. The smallest absolute Gasteiger partial charge is 0.438 e. The minimum Gasteiger partial charge on any atom is -0.438 e. The fourth-order valence-electron chi connectivity index (χ4n) is 2.84. The Bertz CT molecular complexity index is 771. The molecule has 1 saturated heterocycles. The number of ether oxygens (including phenoxy) is 3. The summed E-state index contributed by atoms with van der Waals surface area (Å²) in [6, 6.07) is 20.3. The molecule has 5 nitrogen and oxygen atoms in total. The number of thioether (sulfide) groups is 1. The highest BCUT2D eigenvalue weighted by molar-refractivity contribution is 8.01. The lowest BCUT2D eigenvalue weighted by Gasteiger charge is -2.36. The van der Waals surface area contributed by atoms with E-state index in [1.54, 1.807) is 11.8 Å². The Labute approximate surface area is 178 Å². The molecular formula is C22H27O5SSi. The Kier molecular flexibility index (Phi) is 6.73. The van der Waals surface area contributed by atoms with Crippen LogP contribution in [0.25, 0.3) is 0 Å². The Hall–Kier alpha value is -1.80. The maximum absolute atomic E-state index is 11.8. The molecule has 0 saturated carbocycles. The van der Waals surface area contributed by atoms with Crippen molar-refractivity contribution in [1.82, 2.24) is 0 Å². The minimum absolute atomic E-state index is 0.195. The molecule has 1 heterocycles. The van der Waals surface area contributed by atoms with Gasteiger partial charge in [-0.05, 0) is 17.3 Å². The maximum atomic E-state index is 11.8. The van der Waals surface area contributed by atoms with Gasteiger partial charge in [-0.15, -0.1) is 0 Å². The average Bonchev–Trinajstić information content (AvgIpc) is 3.03. The van der Waals surface area contributed by atoms with Gasteiger partial charge in [0.05, 0.1) is 7.11 Å². The van der Waals surface area contributed by atoms with Gasteiger partial charge >= 0.3 is 6.16 Å². The van der Waals surface area contributed by atoms with Gasteiger partial charge < -0.3 is 18.6 Å². The summed E-state index contributed by atoms with van der Waals surface area (Å²) in [4.78, 5) is 11.2. The first kappa shape index (κ1) is 21.9. The Morgan fingerprint density at radius 3 is 2.00 bits per heavy atom. The molecule has 155 valence electrons. The van der Waals surface area contributed by atoms with Crippen LogP contribution in [0.2, 0.25) is 0 Å². The van der Waals surface area contributed by atoms with Crippen molar-refractivity contribution in [2.45, 2.75) is 44.4 Å². The molecule has 0 aliphatic carbocycles. The van der Waals surface area contributed by atoms with Crippen LogP contribution in [0, 0.1) is 5.41 Å². The fourth-order valence-corrected chi connectivity index (χ4v) is 6.43. The molecule has 3 rings (SSSR count). The van der Waals surface area contributed by atoms with E-state index in [0.717, 1.165) is 10.4 Å². The van der Waals surface area contributed by atoms with Crippen LogP contribution in [0.5, 0.6) is 0 Å². The molecule has 2 aromatic carbocycles. The van der Waals surface area contributed by atoms with Crippen molar-refractivity contribution < 1.29 is 23.4 Å². The Morgan fingerprint density at radius 2 is 1.55 bits per heavy atom. The quantitative estimate of drug-likeness (QED) is 0.531. The van der Waals surface area contributed by atoms with E-state index in [9.17, 15) is 4.79 Å². The predicted octanol–water partition coefficient (Wildman–Crippen LogP) is 3.77. The molecule has 1 radical (unpaired) electrons. The van der Waals surface area contributed by atoms with Crippen molar-refractivity contribution in [3.8, 4) is 0 Å². The molecular weight excluding hydrogens is 404 g/mol. The molecule has 2 aromatic rings. The van der Waals surface area contributed by atoms with Crippen LogP contribution in [-0.2, 0) is 18.6 Å². The van der Waals surface area contributed by atoms with Crippen LogP contribution in [0.4, 0.5) is 4.79 Å². The third-order valence-corrected chi connectivity index (χ3v) is 9.04. The molecule has 3 atom stereocenters. The summed E-state index contributed by atoms with van der Waals surface area (Å²) >= 11 is 1.55. The molecule has 0 amide bonds. The van der Waals surface area contributed by atoms with E-state index in [1.807, 2.05) is 43.3 Å². The largest absolute Gasteiger partial charge is 0.510 e. The lowest BCUT2D eigenvalue weighted by molar-refractivity contribution is -0.182. The van der Waals surface area contributed by atoms with E-state index in [1.165, 1.54) is 7.11 Å². The van der Waals surface area contributed by atoms with Gasteiger partial charge in [-0.3, -0.25) is 0 Å². The highest BCUT2D eigenvalue weighted by Crippen LogP contribution is 2.52. The molecule has 1 unspecified atom stereocenters. The standard InChI is InChI=1S/C22H27O5SSi/c1-21(2,3)22(4)26-18(25-20(23)24-5)19(28-22)27-29(16-12-8-6-9-13-16)17-14-10-7-11-15-17/h6-15,18-19H,1-5H3/t18-,19-,22?/m1/s1. The predicted molar refractivity (Wildman–Crippen MR) is 117 cm³/mol. The molecule has 0 aromatic heterocycles. The number of carbonyl (C=O) groups excluding carboxylic acids is 1. The SMILES string of the molecule is COC(=O)O[C@@H]1OC(C)(C(C)(C)C)S[C@H]1O[Si](c1ccccc1)c1ccccc1. The average molecular weight is 432 g/mol. The summed E-state index contributed by atoms with van der Waals surface area (Å²) in [5.41, 5.74) is -0.674. The van der Waals surface area contributed by atoms with E-state index in [2.05, 4.69) is 45.0 Å². The second-order valence-corrected chi connectivity index (χ2v) is 11.4. The van der Waals surface area contributed by atoms with Crippen molar-refractivity contribution in [2.75, 3.05) is 7.11 Å². The number of methoxy groups -OCH3 is 1. The van der Waals surface area contributed by atoms with Crippen LogP contribution in [0.1, 0.15) is 27.7 Å². The van der Waals surface area contributed by atoms with Gasteiger partial charge in [0.15, 0.2) is 5.44 Å². The van der Waals surface area contributed by atoms with E-state index < -0.39 is 31.9 Å². The molecule has 7 heteroatoms. The first-order valence-electron chi connectivity index (χ1n) is 9.48. The zero-order valence-electron chi connectivity index (χ0n) is 17.4. The van der Waals surface area contributed by atoms with Crippen LogP contribution >= 0.6 is 11.8 Å². The van der Waals surface area contributed by atoms with Crippen molar-refractivity contribution >= 4 is 37.3 Å². The fraction of sp³-hybridized carbons (Fsp3) is 0.409.